The Labute approximate surface area is 158 Å². The van der Waals surface area contributed by atoms with Gasteiger partial charge in [-0.3, -0.25) is 9.69 Å². The third-order valence-electron chi connectivity index (χ3n) is 4.45. The molecule has 0 aliphatic carbocycles. The number of carbonyl (C=O) groups is 1. The Morgan fingerprint density at radius 3 is 2.48 bits per heavy atom. The molecule has 0 aromatic heterocycles. The van der Waals surface area contributed by atoms with Gasteiger partial charge in [0.25, 0.3) is 0 Å². The second-order valence-electron chi connectivity index (χ2n) is 6.19. The fraction of sp³-hybridized carbons (Fsp3) is 0.350. The van der Waals surface area contributed by atoms with E-state index in [0.29, 0.717) is 17.3 Å². The molecule has 1 amide bonds. The van der Waals surface area contributed by atoms with Crippen molar-refractivity contribution in [3.05, 3.63) is 65.2 Å². The SMILES string of the molecule is O=C(CSc1ccccc1Cl)NCC(c1ccccc1)N1CCCC1. The van der Waals surface area contributed by atoms with Crippen molar-refractivity contribution in [1.82, 2.24) is 10.2 Å². The number of amides is 1. The number of carbonyl (C=O) groups excluding carboxylic acids is 1. The zero-order chi connectivity index (χ0) is 17.5. The minimum Gasteiger partial charge on any atom is -0.353 e. The van der Waals surface area contributed by atoms with E-state index in [9.17, 15) is 4.79 Å². The van der Waals surface area contributed by atoms with Crippen LogP contribution in [-0.2, 0) is 4.79 Å². The van der Waals surface area contributed by atoms with Crippen molar-refractivity contribution in [3.8, 4) is 0 Å². The number of likely N-dealkylation sites (tertiary alicyclic amines) is 1. The Bertz CT molecular complexity index is 689. The maximum Gasteiger partial charge on any atom is 0.230 e. The van der Waals surface area contributed by atoms with Crippen LogP contribution in [0.25, 0.3) is 0 Å². The molecule has 1 unspecified atom stereocenters. The molecule has 0 radical (unpaired) electrons. The molecule has 5 heteroatoms. The Morgan fingerprint density at radius 1 is 1.08 bits per heavy atom. The molecule has 2 aromatic rings. The topological polar surface area (TPSA) is 32.3 Å². The molecule has 2 aromatic carbocycles. The fourth-order valence-electron chi connectivity index (χ4n) is 3.15. The molecule has 0 spiro atoms. The number of rotatable bonds is 7. The second-order valence-corrected chi connectivity index (χ2v) is 7.62. The van der Waals surface area contributed by atoms with Crippen molar-refractivity contribution in [2.45, 2.75) is 23.8 Å². The minimum atomic E-state index is 0.0463. The maximum absolute atomic E-state index is 12.3. The molecule has 1 heterocycles. The van der Waals surface area contributed by atoms with E-state index in [-0.39, 0.29) is 11.9 Å². The van der Waals surface area contributed by atoms with Crippen LogP contribution in [0, 0.1) is 0 Å². The van der Waals surface area contributed by atoms with Crippen LogP contribution in [0.1, 0.15) is 24.4 Å². The molecule has 1 fully saturated rings. The molecule has 0 bridgehead atoms. The van der Waals surface area contributed by atoms with E-state index in [0.717, 1.165) is 18.0 Å². The van der Waals surface area contributed by atoms with Crippen LogP contribution in [0.4, 0.5) is 0 Å². The van der Waals surface area contributed by atoms with E-state index in [2.05, 4.69) is 34.5 Å². The van der Waals surface area contributed by atoms with Crippen LogP contribution in [-0.4, -0.2) is 36.2 Å². The van der Waals surface area contributed by atoms with Crippen molar-refractivity contribution in [2.75, 3.05) is 25.4 Å². The molecule has 1 aliphatic heterocycles. The highest BCUT2D eigenvalue weighted by atomic mass is 35.5. The van der Waals surface area contributed by atoms with Gasteiger partial charge in [-0.1, -0.05) is 54.1 Å². The minimum absolute atomic E-state index is 0.0463. The molecule has 0 saturated carbocycles. The number of halogens is 1. The summed E-state index contributed by atoms with van der Waals surface area (Å²) in [6.45, 7) is 2.85. The molecular formula is C20H23ClN2OS. The van der Waals surface area contributed by atoms with Crippen LogP contribution >= 0.6 is 23.4 Å². The summed E-state index contributed by atoms with van der Waals surface area (Å²) in [5.41, 5.74) is 1.27. The van der Waals surface area contributed by atoms with Gasteiger partial charge in [0.05, 0.1) is 16.8 Å². The van der Waals surface area contributed by atoms with Crippen molar-refractivity contribution in [1.29, 1.82) is 0 Å². The first-order valence-electron chi connectivity index (χ1n) is 8.67. The van der Waals surface area contributed by atoms with E-state index >= 15 is 0 Å². The van der Waals surface area contributed by atoms with E-state index in [1.807, 2.05) is 30.3 Å². The molecule has 3 nitrogen and oxygen atoms in total. The van der Waals surface area contributed by atoms with Crippen LogP contribution in [0.3, 0.4) is 0 Å². The molecule has 25 heavy (non-hydrogen) atoms. The lowest BCUT2D eigenvalue weighted by Gasteiger charge is -2.28. The molecule has 1 N–H and O–H groups in total. The van der Waals surface area contributed by atoms with Crippen molar-refractivity contribution in [2.24, 2.45) is 0 Å². The molecule has 1 saturated heterocycles. The van der Waals surface area contributed by atoms with Crippen LogP contribution in [0.2, 0.25) is 5.02 Å². The summed E-state index contributed by atoms with van der Waals surface area (Å²) in [4.78, 5) is 15.7. The predicted molar refractivity (Wildman–Crippen MR) is 105 cm³/mol. The summed E-state index contributed by atoms with van der Waals surface area (Å²) >= 11 is 7.62. The zero-order valence-electron chi connectivity index (χ0n) is 14.2. The first kappa shape index (κ1) is 18.3. The van der Waals surface area contributed by atoms with Gasteiger partial charge in [-0.15, -0.1) is 11.8 Å². The number of hydrogen-bond donors (Lipinski definition) is 1. The van der Waals surface area contributed by atoms with E-state index in [1.165, 1.54) is 30.2 Å². The summed E-state index contributed by atoms with van der Waals surface area (Å²) in [6.07, 6.45) is 2.47. The smallest absolute Gasteiger partial charge is 0.230 e. The van der Waals surface area contributed by atoms with Crippen molar-refractivity contribution >= 4 is 29.3 Å². The van der Waals surface area contributed by atoms with Gasteiger partial charge in [0.2, 0.25) is 5.91 Å². The van der Waals surface area contributed by atoms with Crippen molar-refractivity contribution < 1.29 is 4.79 Å². The molecule has 132 valence electrons. The van der Waals surface area contributed by atoms with Gasteiger partial charge in [-0.2, -0.15) is 0 Å². The standard InChI is InChI=1S/C20H23ClN2OS/c21-17-10-4-5-11-19(17)25-15-20(24)22-14-18(23-12-6-7-13-23)16-8-2-1-3-9-16/h1-5,8-11,18H,6-7,12-15H2,(H,22,24). The van der Waals surface area contributed by atoms with Crippen molar-refractivity contribution in [3.63, 3.8) is 0 Å². The Kier molecular flexibility index (Phi) is 6.79. The van der Waals surface area contributed by atoms with Gasteiger partial charge in [-0.25, -0.2) is 0 Å². The normalized spacial score (nSPS) is 15.9. The van der Waals surface area contributed by atoms with Gasteiger partial charge in [0.15, 0.2) is 0 Å². The lowest BCUT2D eigenvalue weighted by atomic mass is 10.1. The van der Waals surface area contributed by atoms with Crippen LogP contribution in [0.15, 0.2) is 59.5 Å². The van der Waals surface area contributed by atoms with Gasteiger partial charge in [0.1, 0.15) is 0 Å². The van der Waals surface area contributed by atoms with E-state index in [4.69, 9.17) is 11.6 Å². The Hall–Kier alpha value is -1.49. The number of benzene rings is 2. The predicted octanol–water partition coefficient (Wildman–Crippen LogP) is 4.39. The summed E-state index contributed by atoms with van der Waals surface area (Å²) in [7, 11) is 0. The monoisotopic (exact) mass is 374 g/mol. The first-order chi connectivity index (χ1) is 12.2. The molecule has 1 atom stereocenters. The summed E-state index contributed by atoms with van der Waals surface area (Å²) in [6, 6.07) is 18.3. The third kappa shape index (κ3) is 5.24. The molecule has 3 rings (SSSR count). The number of thioether (sulfide) groups is 1. The van der Waals surface area contributed by atoms with Crippen LogP contribution < -0.4 is 5.32 Å². The fourth-order valence-corrected chi connectivity index (χ4v) is 4.22. The quantitative estimate of drug-likeness (QED) is 0.729. The summed E-state index contributed by atoms with van der Waals surface area (Å²) < 4.78 is 0. The molecular weight excluding hydrogens is 352 g/mol. The molecule has 1 aliphatic rings. The van der Waals surface area contributed by atoms with Gasteiger partial charge in [-0.05, 0) is 43.6 Å². The average Bonchev–Trinajstić information content (AvgIpc) is 3.16. The van der Waals surface area contributed by atoms with Gasteiger partial charge < -0.3 is 5.32 Å². The lowest BCUT2D eigenvalue weighted by Crippen LogP contribution is -2.37. The number of hydrogen-bond acceptors (Lipinski definition) is 3. The lowest BCUT2D eigenvalue weighted by molar-refractivity contribution is -0.118. The van der Waals surface area contributed by atoms with Gasteiger partial charge >= 0.3 is 0 Å². The average molecular weight is 375 g/mol. The Balaban J connectivity index is 1.55. The zero-order valence-corrected chi connectivity index (χ0v) is 15.7. The van der Waals surface area contributed by atoms with Crippen LogP contribution in [0.5, 0.6) is 0 Å². The maximum atomic E-state index is 12.3. The summed E-state index contributed by atoms with van der Waals surface area (Å²) in [5.74, 6) is 0.427. The summed E-state index contributed by atoms with van der Waals surface area (Å²) in [5, 5.41) is 3.80. The van der Waals surface area contributed by atoms with E-state index in [1.54, 1.807) is 0 Å². The highest BCUT2D eigenvalue weighted by Gasteiger charge is 2.23. The highest BCUT2D eigenvalue weighted by molar-refractivity contribution is 8.00. The van der Waals surface area contributed by atoms with E-state index < -0.39 is 0 Å². The highest BCUT2D eigenvalue weighted by Crippen LogP contribution is 2.27. The number of nitrogens with zero attached hydrogens (tertiary/aromatic N) is 1. The number of nitrogens with one attached hydrogen (secondary N) is 1. The second kappa shape index (κ2) is 9.27. The Morgan fingerprint density at radius 2 is 1.76 bits per heavy atom. The first-order valence-corrected chi connectivity index (χ1v) is 10.0. The largest absolute Gasteiger partial charge is 0.353 e. The third-order valence-corrected chi connectivity index (χ3v) is 5.97. The van der Waals surface area contributed by atoms with Gasteiger partial charge in [0, 0.05) is 11.4 Å².